The minimum atomic E-state index is -1.15. The number of aliphatic carboxylic acids is 1. The summed E-state index contributed by atoms with van der Waals surface area (Å²) in [5.41, 5.74) is 6.37. The van der Waals surface area contributed by atoms with E-state index in [2.05, 4.69) is 21.3 Å². The number of benzene rings is 1. The summed E-state index contributed by atoms with van der Waals surface area (Å²) >= 11 is 1.52. The number of nitrogens with two attached hydrogens (primary N) is 1. The monoisotopic (exact) mass is 521 g/mol. The van der Waals surface area contributed by atoms with Crippen LogP contribution in [-0.2, 0) is 25.6 Å². The summed E-state index contributed by atoms with van der Waals surface area (Å²) in [7, 11) is 0. The molecule has 1 aromatic carbocycles. The minimum Gasteiger partial charge on any atom is -0.480 e. The Labute approximate surface area is 216 Å². The predicted octanol–water partition coefficient (Wildman–Crippen LogP) is 0.402. The van der Waals surface area contributed by atoms with Gasteiger partial charge in [-0.1, -0.05) is 30.3 Å². The van der Waals surface area contributed by atoms with Crippen LogP contribution in [0.4, 0.5) is 0 Å². The maximum atomic E-state index is 13.2. The number of carboxylic acids is 1. The molecule has 200 valence electrons. The molecule has 10 nitrogen and oxygen atoms in total. The van der Waals surface area contributed by atoms with Crippen LogP contribution in [0.15, 0.2) is 30.3 Å². The summed E-state index contributed by atoms with van der Waals surface area (Å²) in [4.78, 5) is 50.8. The van der Waals surface area contributed by atoms with Gasteiger partial charge in [0.15, 0.2) is 0 Å². The van der Waals surface area contributed by atoms with Crippen LogP contribution in [-0.4, -0.2) is 78.1 Å². The Kier molecular flexibility index (Phi) is 13.3. The average molecular weight is 522 g/mol. The SMILES string of the molecule is CSCCC(NC(=O)C(CCCCN)NC(=O)C1CCCN1)C(=O)NC(Cc1ccccc1)C(=O)O. The molecule has 3 amide bonds. The number of thioether (sulfide) groups is 1. The number of carbonyl (C=O) groups excluding carboxylic acids is 3. The van der Waals surface area contributed by atoms with Gasteiger partial charge in [0.2, 0.25) is 17.7 Å². The molecular formula is C25H39N5O5S. The Bertz CT molecular complexity index is 851. The van der Waals surface area contributed by atoms with E-state index >= 15 is 0 Å². The first-order valence-corrected chi connectivity index (χ1v) is 13.8. The minimum absolute atomic E-state index is 0.122. The summed E-state index contributed by atoms with van der Waals surface area (Å²) in [6.07, 6.45) is 5.68. The molecule has 0 aliphatic carbocycles. The fourth-order valence-corrected chi connectivity index (χ4v) is 4.51. The predicted molar refractivity (Wildman–Crippen MR) is 141 cm³/mol. The van der Waals surface area contributed by atoms with Gasteiger partial charge in [-0.3, -0.25) is 14.4 Å². The third-order valence-corrected chi connectivity index (χ3v) is 6.74. The zero-order chi connectivity index (χ0) is 26.3. The van der Waals surface area contributed by atoms with Crippen molar-refractivity contribution in [3.05, 3.63) is 35.9 Å². The molecular weight excluding hydrogens is 482 g/mol. The van der Waals surface area contributed by atoms with E-state index in [4.69, 9.17) is 5.73 Å². The van der Waals surface area contributed by atoms with E-state index in [1.165, 1.54) is 11.8 Å². The average Bonchev–Trinajstić information content (AvgIpc) is 3.41. The van der Waals surface area contributed by atoms with Gasteiger partial charge in [0.25, 0.3) is 0 Å². The zero-order valence-corrected chi connectivity index (χ0v) is 21.6. The standard InChI is InChI=1S/C25H39N5O5S/c1-36-15-12-20(24(33)30-21(25(34)35)16-17-8-3-2-4-9-17)29-23(32)19(10-5-6-13-26)28-22(31)18-11-7-14-27-18/h2-4,8-9,18-21,27H,5-7,10-16,26H2,1H3,(H,28,31)(H,29,32)(H,30,33)(H,34,35). The van der Waals surface area contributed by atoms with Crippen LogP contribution < -0.4 is 27.0 Å². The number of carbonyl (C=O) groups is 4. The van der Waals surface area contributed by atoms with Crippen molar-refractivity contribution >= 4 is 35.5 Å². The Morgan fingerprint density at radius 3 is 2.28 bits per heavy atom. The molecule has 4 atom stereocenters. The molecule has 11 heteroatoms. The van der Waals surface area contributed by atoms with Crippen molar-refractivity contribution < 1.29 is 24.3 Å². The number of hydrogen-bond acceptors (Lipinski definition) is 7. The van der Waals surface area contributed by atoms with E-state index in [1.54, 1.807) is 24.3 Å². The first-order valence-electron chi connectivity index (χ1n) is 12.5. The third-order valence-electron chi connectivity index (χ3n) is 6.10. The highest BCUT2D eigenvalue weighted by atomic mass is 32.2. The summed E-state index contributed by atoms with van der Waals surface area (Å²) in [5, 5.41) is 20.9. The summed E-state index contributed by atoms with van der Waals surface area (Å²) < 4.78 is 0. The molecule has 0 spiro atoms. The van der Waals surface area contributed by atoms with E-state index in [9.17, 15) is 24.3 Å². The van der Waals surface area contributed by atoms with Crippen molar-refractivity contribution in [1.82, 2.24) is 21.3 Å². The molecule has 0 saturated carbocycles. The van der Waals surface area contributed by atoms with E-state index in [0.29, 0.717) is 44.4 Å². The molecule has 1 saturated heterocycles. The van der Waals surface area contributed by atoms with Crippen LogP contribution in [0, 0.1) is 0 Å². The summed E-state index contributed by atoms with van der Waals surface area (Å²) in [5.74, 6) is -1.83. The Balaban J connectivity index is 2.08. The molecule has 2 rings (SSSR count). The number of amides is 3. The van der Waals surface area contributed by atoms with Crippen molar-refractivity contribution in [1.29, 1.82) is 0 Å². The molecule has 0 bridgehead atoms. The zero-order valence-electron chi connectivity index (χ0n) is 20.8. The van der Waals surface area contributed by atoms with Crippen LogP contribution in [0.5, 0.6) is 0 Å². The molecule has 0 aromatic heterocycles. The fourth-order valence-electron chi connectivity index (χ4n) is 4.04. The van der Waals surface area contributed by atoms with Crippen LogP contribution >= 0.6 is 11.8 Å². The van der Waals surface area contributed by atoms with E-state index in [1.807, 2.05) is 12.3 Å². The molecule has 4 unspecified atom stereocenters. The lowest BCUT2D eigenvalue weighted by Crippen LogP contribution is -2.57. The van der Waals surface area contributed by atoms with Gasteiger partial charge in [-0.15, -0.1) is 0 Å². The normalized spacial score (nSPS) is 17.6. The van der Waals surface area contributed by atoms with Crippen LogP contribution in [0.1, 0.15) is 44.1 Å². The van der Waals surface area contributed by atoms with Crippen molar-refractivity contribution in [3.63, 3.8) is 0 Å². The highest BCUT2D eigenvalue weighted by molar-refractivity contribution is 7.98. The molecule has 7 N–H and O–H groups in total. The lowest BCUT2D eigenvalue weighted by atomic mass is 10.0. The maximum absolute atomic E-state index is 13.2. The highest BCUT2D eigenvalue weighted by Crippen LogP contribution is 2.10. The fraction of sp³-hybridized carbons (Fsp3) is 0.600. The van der Waals surface area contributed by atoms with Crippen molar-refractivity contribution in [3.8, 4) is 0 Å². The Morgan fingerprint density at radius 2 is 1.69 bits per heavy atom. The number of nitrogens with one attached hydrogen (secondary N) is 4. The van der Waals surface area contributed by atoms with Crippen molar-refractivity contribution in [2.75, 3.05) is 25.1 Å². The largest absolute Gasteiger partial charge is 0.480 e. The molecule has 0 radical (unpaired) electrons. The molecule has 1 heterocycles. The second-order valence-corrected chi connectivity index (χ2v) is 9.91. The maximum Gasteiger partial charge on any atom is 0.326 e. The number of carboxylic acid groups (broad SMARTS) is 1. The van der Waals surface area contributed by atoms with E-state index < -0.39 is 35.9 Å². The van der Waals surface area contributed by atoms with Crippen molar-refractivity contribution in [2.24, 2.45) is 5.73 Å². The summed E-state index contributed by atoms with van der Waals surface area (Å²) in [6, 6.07) is 5.82. The molecule has 1 fully saturated rings. The van der Waals surface area contributed by atoms with Gasteiger partial charge in [-0.25, -0.2) is 4.79 Å². The first kappa shape index (κ1) is 29.6. The van der Waals surface area contributed by atoms with Crippen LogP contribution in [0.3, 0.4) is 0 Å². The lowest BCUT2D eigenvalue weighted by molar-refractivity contribution is -0.142. The van der Waals surface area contributed by atoms with E-state index in [0.717, 1.165) is 18.5 Å². The summed E-state index contributed by atoms with van der Waals surface area (Å²) in [6.45, 7) is 1.23. The molecule has 1 aromatic rings. The quantitative estimate of drug-likeness (QED) is 0.170. The van der Waals surface area contributed by atoms with Gasteiger partial charge in [0.05, 0.1) is 6.04 Å². The van der Waals surface area contributed by atoms with Gasteiger partial charge in [-0.2, -0.15) is 11.8 Å². The van der Waals surface area contributed by atoms with Gasteiger partial charge in [0.1, 0.15) is 18.1 Å². The van der Waals surface area contributed by atoms with E-state index in [-0.39, 0.29) is 18.4 Å². The smallest absolute Gasteiger partial charge is 0.326 e. The van der Waals surface area contributed by atoms with Gasteiger partial charge in [-0.05, 0) is 69.2 Å². The third kappa shape index (κ3) is 10.2. The Morgan fingerprint density at radius 1 is 1.03 bits per heavy atom. The second kappa shape index (κ2) is 16.2. The second-order valence-electron chi connectivity index (χ2n) is 8.93. The number of hydrogen-bond donors (Lipinski definition) is 6. The highest BCUT2D eigenvalue weighted by Gasteiger charge is 2.31. The van der Waals surface area contributed by atoms with Gasteiger partial charge in [0, 0.05) is 6.42 Å². The van der Waals surface area contributed by atoms with Gasteiger partial charge >= 0.3 is 5.97 Å². The first-order chi connectivity index (χ1) is 17.3. The topological polar surface area (TPSA) is 163 Å². The molecule has 1 aliphatic heterocycles. The number of rotatable bonds is 16. The number of unbranched alkanes of at least 4 members (excludes halogenated alkanes) is 1. The molecule has 1 aliphatic rings. The molecule has 36 heavy (non-hydrogen) atoms. The van der Waals surface area contributed by atoms with Crippen LogP contribution in [0.25, 0.3) is 0 Å². The Hall–Kier alpha value is -2.63. The van der Waals surface area contributed by atoms with Crippen molar-refractivity contribution in [2.45, 2.75) is 69.1 Å². The lowest BCUT2D eigenvalue weighted by Gasteiger charge is -2.25. The van der Waals surface area contributed by atoms with Crippen LogP contribution in [0.2, 0.25) is 0 Å². The van der Waals surface area contributed by atoms with Gasteiger partial charge < -0.3 is 32.1 Å².